The summed E-state index contributed by atoms with van der Waals surface area (Å²) in [5.74, 6) is 0. The summed E-state index contributed by atoms with van der Waals surface area (Å²) < 4.78 is 7.02. The van der Waals surface area contributed by atoms with Gasteiger partial charge in [-0.3, -0.25) is 4.68 Å². The largest absolute Gasteiger partial charge is 0.379 e. The Balaban J connectivity index is 2.72. The minimum atomic E-state index is -0.153. The van der Waals surface area contributed by atoms with Gasteiger partial charge in [-0.25, -0.2) is 0 Å². The molecule has 5 heteroatoms. The Labute approximate surface area is 84.2 Å². The molecule has 0 spiro atoms. The molecule has 1 rings (SSSR count). The average molecular weight is 198 g/mol. The van der Waals surface area contributed by atoms with Crippen molar-refractivity contribution in [3.8, 4) is 0 Å². The molecule has 0 radical (unpaired) electrons. The zero-order valence-electron chi connectivity index (χ0n) is 8.97. The highest BCUT2D eigenvalue weighted by Crippen LogP contribution is 2.18. The van der Waals surface area contributed by atoms with Crippen molar-refractivity contribution in [2.24, 2.45) is 12.8 Å². The van der Waals surface area contributed by atoms with E-state index in [1.165, 1.54) is 0 Å². The molecule has 2 atom stereocenters. The molecule has 0 amide bonds. The van der Waals surface area contributed by atoms with Crippen molar-refractivity contribution in [1.82, 2.24) is 15.0 Å². The van der Waals surface area contributed by atoms with Crippen LogP contribution in [0, 0.1) is 0 Å². The van der Waals surface area contributed by atoms with E-state index < -0.39 is 0 Å². The van der Waals surface area contributed by atoms with Crippen LogP contribution in [0.5, 0.6) is 0 Å². The van der Waals surface area contributed by atoms with Gasteiger partial charge in [0.2, 0.25) is 0 Å². The predicted molar refractivity (Wildman–Crippen MR) is 53.6 cm³/mol. The highest BCUT2D eigenvalue weighted by atomic mass is 16.5. The van der Waals surface area contributed by atoms with Crippen LogP contribution < -0.4 is 5.73 Å². The van der Waals surface area contributed by atoms with Crippen LogP contribution in [0.25, 0.3) is 0 Å². The normalized spacial score (nSPS) is 15.4. The number of nitrogens with zero attached hydrogens (tertiary/aromatic N) is 3. The number of hydrogen-bond donors (Lipinski definition) is 1. The maximum absolute atomic E-state index is 6.06. The molecule has 0 aromatic carbocycles. The van der Waals surface area contributed by atoms with Crippen LogP contribution in [0.2, 0.25) is 0 Å². The van der Waals surface area contributed by atoms with Gasteiger partial charge < -0.3 is 10.5 Å². The van der Waals surface area contributed by atoms with E-state index >= 15 is 0 Å². The Kier molecular flexibility index (Phi) is 4.03. The monoisotopic (exact) mass is 198 g/mol. The molecule has 0 aliphatic heterocycles. The third-order valence-corrected chi connectivity index (χ3v) is 2.37. The summed E-state index contributed by atoms with van der Waals surface area (Å²) >= 11 is 0. The Morgan fingerprint density at radius 1 is 1.64 bits per heavy atom. The molecule has 1 heterocycles. The Morgan fingerprint density at radius 3 is 2.79 bits per heavy atom. The van der Waals surface area contributed by atoms with E-state index in [4.69, 9.17) is 10.5 Å². The molecule has 1 aromatic heterocycles. The number of nitrogens with two attached hydrogens (primary N) is 1. The third kappa shape index (κ3) is 2.30. The fraction of sp³-hybridized carbons (Fsp3) is 0.778. The standard InChI is InChI=1S/C9H18N4O/c1-4-5-8(14-3)9(10)7-6-11-12-13(7)2/h6,8-9H,4-5,10H2,1-3H3. The van der Waals surface area contributed by atoms with Gasteiger partial charge in [-0.2, -0.15) is 0 Å². The molecule has 2 N–H and O–H groups in total. The first kappa shape index (κ1) is 11.1. The second-order valence-electron chi connectivity index (χ2n) is 3.37. The highest BCUT2D eigenvalue weighted by molar-refractivity contribution is 5.03. The molecule has 2 unspecified atom stereocenters. The zero-order valence-corrected chi connectivity index (χ0v) is 8.97. The number of aryl methyl sites for hydroxylation is 1. The summed E-state index contributed by atoms with van der Waals surface area (Å²) in [5, 5.41) is 7.64. The quantitative estimate of drug-likeness (QED) is 0.753. The van der Waals surface area contributed by atoms with Gasteiger partial charge in [-0.15, -0.1) is 5.10 Å². The maximum atomic E-state index is 6.06. The lowest BCUT2D eigenvalue weighted by atomic mass is 10.0. The van der Waals surface area contributed by atoms with Crippen LogP contribution in [-0.4, -0.2) is 28.2 Å². The van der Waals surface area contributed by atoms with Crippen molar-refractivity contribution in [1.29, 1.82) is 0 Å². The molecule has 0 aliphatic carbocycles. The number of rotatable bonds is 5. The molecule has 0 aliphatic rings. The lowest BCUT2D eigenvalue weighted by Crippen LogP contribution is -2.29. The molecular formula is C9H18N4O. The van der Waals surface area contributed by atoms with Gasteiger partial charge in [-0.05, 0) is 6.42 Å². The summed E-state index contributed by atoms with van der Waals surface area (Å²) in [5.41, 5.74) is 6.96. The van der Waals surface area contributed by atoms with Gasteiger partial charge in [0, 0.05) is 14.2 Å². The predicted octanol–water partition coefficient (Wildman–Crippen LogP) is 0.630. The van der Waals surface area contributed by atoms with Gasteiger partial charge in [0.25, 0.3) is 0 Å². The van der Waals surface area contributed by atoms with Crippen LogP contribution >= 0.6 is 0 Å². The highest BCUT2D eigenvalue weighted by Gasteiger charge is 2.21. The van der Waals surface area contributed by atoms with E-state index in [0.717, 1.165) is 18.5 Å². The molecule has 0 fully saturated rings. The van der Waals surface area contributed by atoms with Crippen LogP contribution in [-0.2, 0) is 11.8 Å². The van der Waals surface area contributed by atoms with Gasteiger partial charge in [-0.1, -0.05) is 18.6 Å². The van der Waals surface area contributed by atoms with Crippen LogP contribution in [0.3, 0.4) is 0 Å². The smallest absolute Gasteiger partial charge is 0.0779 e. The Morgan fingerprint density at radius 2 is 2.36 bits per heavy atom. The molecular weight excluding hydrogens is 180 g/mol. The first-order chi connectivity index (χ1) is 6.70. The maximum Gasteiger partial charge on any atom is 0.0779 e. The van der Waals surface area contributed by atoms with Crippen molar-refractivity contribution in [3.63, 3.8) is 0 Å². The topological polar surface area (TPSA) is 66.0 Å². The summed E-state index contributed by atoms with van der Waals surface area (Å²) in [6, 6.07) is -0.153. The summed E-state index contributed by atoms with van der Waals surface area (Å²) in [7, 11) is 3.52. The van der Waals surface area contributed by atoms with Crippen molar-refractivity contribution >= 4 is 0 Å². The van der Waals surface area contributed by atoms with Crippen LogP contribution in [0.1, 0.15) is 31.5 Å². The van der Waals surface area contributed by atoms with E-state index in [2.05, 4.69) is 17.2 Å². The third-order valence-electron chi connectivity index (χ3n) is 2.37. The first-order valence-corrected chi connectivity index (χ1v) is 4.83. The zero-order chi connectivity index (χ0) is 10.6. The van der Waals surface area contributed by atoms with E-state index in [1.54, 1.807) is 18.0 Å². The lowest BCUT2D eigenvalue weighted by Gasteiger charge is -2.21. The summed E-state index contributed by atoms with van der Waals surface area (Å²) in [6.07, 6.45) is 3.73. The van der Waals surface area contributed by atoms with Crippen molar-refractivity contribution in [2.45, 2.75) is 31.9 Å². The second-order valence-corrected chi connectivity index (χ2v) is 3.37. The van der Waals surface area contributed by atoms with E-state index in [9.17, 15) is 0 Å². The van der Waals surface area contributed by atoms with Gasteiger partial charge >= 0.3 is 0 Å². The molecule has 80 valence electrons. The molecule has 5 nitrogen and oxygen atoms in total. The Hall–Kier alpha value is -0.940. The fourth-order valence-corrected chi connectivity index (χ4v) is 1.52. The molecule has 14 heavy (non-hydrogen) atoms. The van der Waals surface area contributed by atoms with E-state index in [1.807, 2.05) is 7.05 Å². The van der Waals surface area contributed by atoms with Crippen molar-refractivity contribution < 1.29 is 4.74 Å². The summed E-state index contributed by atoms with van der Waals surface area (Å²) in [4.78, 5) is 0. The van der Waals surface area contributed by atoms with Crippen molar-refractivity contribution in [3.05, 3.63) is 11.9 Å². The van der Waals surface area contributed by atoms with E-state index in [0.29, 0.717) is 0 Å². The Bertz CT molecular complexity index is 274. The van der Waals surface area contributed by atoms with Crippen LogP contribution in [0.15, 0.2) is 6.20 Å². The van der Waals surface area contributed by atoms with Gasteiger partial charge in [0.05, 0.1) is 24.0 Å². The minimum absolute atomic E-state index is 0.0391. The fourth-order valence-electron chi connectivity index (χ4n) is 1.52. The van der Waals surface area contributed by atoms with Crippen LogP contribution in [0.4, 0.5) is 0 Å². The minimum Gasteiger partial charge on any atom is -0.379 e. The van der Waals surface area contributed by atoms with E-state index in [-0.39, 0.29) is 12.1 Å². The number of ether oxygens (including phenoxy) is 1. The average Bonchev–Trinajstić information content (AvgIpc) is 2.59. The first-order valence-electron chi connectivity index (χ1n) is 4.83. The number of aromatic nitrogens is 3. The molecule has 0 bridgehead atoms. The molecule has 0 saturated heterocycles. The SMILES string of the molecule is CCCC(OC)C(N)c1cnnn1C. The van der Waals surface area contributed by atoms with Gasteiger partial charge in [0.1, 0.15) is 0 Å². The second kappa shape index (κ2) is 5.07. The summed E-state index contributed by atoms with van der Waals surface area (Å²) in [6.45, 7) is 2.11. The van der Waals surface area contributed by atoms with Crippen molar-refractivity contribution in [2.75, 3.05) is 7.11 Å². The number of hydrogen-bond acceptors (Lipinski definition) is 4. The molecule has 0 saturated carbocycles. The van der Waals surface area contributed by atoms with Gasteiger partial charge in [0.15, 0.2) is 0 Å². The lowest BCUT2D eigenvalue weighted by molar-refractivity contribution is 0.0703. The number of methoxy groups -OCH3 is 1. The molecule has 1 aromatic rings.